The van der Waals surface area contributed by atoms with Crippen LogP contribution in [0, 0.1) is 11.3 Å². The molecule has 34 heavy (non-hydrogen) atoms. The number of aromatic nitrogens is 2. The lowest BCUT2D eigenvalue weighted by atomic mass is 9.88. The van der Waals surface area contributed by atoms with Crippen molar-refractivity contribution in [3.63, 3.8) is 0 Å². The van der Waals surface area contributed by atoms with Crippen LogP contribution in [0.3, 0.4) is 0 Å². The van der Waals surface area contributed by atoms with Gasteiger partial charge in [0.1, 0.15) is 24.2 Å². The number of halogens is 6. The van der Waals surface area contributed by atoms with E-state index in [1.54, 1.807) is 36.7 Å². The third-order valence-electron chi connectivity index (χ3n) is 5.68. The summed E-state index contributed by atoms with van der Waals surface area (Å²) in [7, 11) is 0. The Hall–Kier alpha value is -3.52. The zero-order valence-corrected chi connectivity index (χ0v) is 17.4. The van der Waals surface area contributed by atoms with Gasteiger partial charge in [0.2, 0.25) is 0 Å². The van der Waals surface area contributed by atoms with E-state index in [1.165, 1.54) is 6.07 Å². The van der Waals surface area contributed by atoms with Crippen LogP contribution < -0.4 is 10.1 Å². The first-order chi connectivity index (χ1) is 16.1. The molecule has 3 unspecified atom stereocenters. The van der Waals surface area contributed by atoms with Gasteiger partial charge in [0.25, 0.3) is 0 Å². The van der Waals surface area contributed by atoms with Gasteiger partial charge in [0.05, 0.1) is 17.2 Å². The van der Waals surface area contributed by atoms with Crippen molar-refractivity contribution in [3.8, 4) is 23.2 Å². The topological polar surface area (TPSA) is 73.7 Å². The maximum absolute atomic E-state index is 13.7. The summed E-state index contributed by atoms with van der Waals surface area (Å²) in [6.45, 7) is -0.106. The third kappa shape index (κ3) is 5.02. The Morgan fingerprint density at radius 3 is 2.38 bits per heavy atom. The smallest absolute Gasteiger partial charge is 0.417 e. The molecule has 0 radical (unpaired) electrons. The first-order valence-electron chi connectivity index (χ1n) is 10.2. The fourth-order valence-corrected chi connectivity index (χ4v) is 4.10. The van der Waals surface area contributed by atoms with Crippen LogP contribution in [0.25, 0.3) is 11.4 Å². The van der Waals surface area contributed by atoms with Gasteiger partial charge < -0.3 is 9.72 Å². The first kappa shape index (κ1) is 23.6. The average molecular weight is 480 g/mol. The molecule has 0 bridgehead atoms. The molecule has 5 nitrogen and oxygen atoms in total. The van der Waals surface area contributed by atoms with Crippen LogP contribution >= 0.6 is 0 Å². The largest absolute Gasteiger partial charge is 0.492 e. The molecule has 4 rings (SSSR count). The van der Waals surface area contributed by atoms with Gasteiger partial charge in [0, 0.05) is 29.9 Å². The number of imidazole rings is 1. The molecule has 1 aliphatic heterocycles. The van der Waals surface area contributed by atoms with Crippen LogP contribution in [0.15, 0.2) is 54.9 Å². The molecular formula is C23H18F6N4O. The standard InChI is InChI=1S/C23H18F6N4O/c24-22(25,26)19-9-14(1-2-15(19)11-30)18-10-16(33-20(18)23(27,28)29)12-34-17-5-3-13(4-6-17)21-31-7-8-32-21/h1-9,16,18,20,33H,10,12H2,(H,31,32). The number of H-pyrrole nitrogens is 1. The summed E-state index contributed by atoms with van der Waals surface area (Å²) >= 11 is 0. The second-order valence-electron chi connectivity index (χ2n) is 7.91. The van der Waals surface area contributed by atoms with Crippen molar-refractivity contribution < 1.29 is 31.1 Å². The van der Waals surface area contributed by atoms with Crippen molar-refractivity contribution in [3.05, 3.63) is 71.5 Å². The molecule has 0 spiro atoms. The van der Waals surface area contributed by atoms with Crippen LogP contribution in [-0.4, -0.2) is 34.8 Å². The fourth-order valence-electron chi connectivity index (χ4n) is 4.10. The van der Waals surface area contributed by atoms with Crippen molar-refractivity contribution in [2.24, 2.45) is 0 Å². The predicted octanol–water partition coefficient (Wildman–Crippen LogP) is 5.42. The number of aromatic amines is 1. The van der Waals surface area contributed by atoms with Crippen LogP contribution in [0.4, 0.5) is 26.3 Å². The summed E-state index contributed by atoms with van der Waals surface area (Å²) in [5, 5.41) is 11.4. The van der Waals surface area contributed by atoms with Gasteiger partial charge in [0.15, 0.2) is 0 Å². The molecule has 2 heterocycles. The van der Waals surface area contributed by atoms with Crippen molar-refractivity contribution in [2.45, 2.75) is 36.8 Å². The molecule has 0 saturated carbocycles. The summed E-state index contributed by atoms with van der Waals surface area (Å²) in [5.74, 6) is -0.175. The number of nitriles is 1. The van der Waals surface area contributed by atoms with Crippen molar-refractivity contribution in [1.29, 1.82) is 5.26 Å². The Morgan fingerprint density at radius 2 is 1.79 bits per heavy atom. The van der Waals surface area contributed by atoms with Gasteiger partial charge in [-0.1, -0.05) is 6.07 Å². The van der Waals surface area contributed by atoms with Gasteiger partial charge in [-0.3, -0.25) is 5.32 Å². The van der Waals surface area contributed by atoms with E-state index in [1.807, 2.05) is 0 Å². The molecule has 11 heteroatoms. The molecule has 1 aliphatic rings. The molecule has 1 saturated heterocycles. The summed E-state index contributed by atoms with van der Waals surface area (Å²) in [6.07, 6.45) is -6.35. The minimum Gasteiger partial charge on any atom is -0.492 e. The molecular weight excluding hydrogens is 462 g/mol. The molecule has 2 N–H and O–H groups in total. The monoisotopic (exact) mass is 480 g/mol. The number of alkyl halides is 6. The van der Waals surface area contributed by atoms with Crippen LogP contribution in [-0.2, 0) is 6.18 Å². The van der Waals surface area contributed by atoms with E-state index in [9.17, 15) is 26.3 Å². The number of hydrogen-bond acceptors (Lipinski definition) is 4. The van der Waals surface area contributed by atoms with E-state index in [0.29, 0.717) is 17.6 Å². The van der Waals surface area contributed by atoms with E-state index in [4.69, 9.17) is 10.00 Å². The maximum atomic E-state index is 13.7. The molecule has 0 amide bonds. The summed E-state index contributed by atoms with van der Waals surface area (Å²) in [6, 6.07) is 8.14. The zero-order chi connectivity index (χ0) is 24.5. The predicted molar refractivity (Wildman–Crippen MR) is 110 cm³/mol. The molecule has 3 aromatic rings. The fraction of sp³-hybridized carbons (Fsp3) is 0.304. The average Bonchev–Trinajstić information content (AvgIpc) is 3.47. The number of hydrogen-bond donors (Lipinski definition) is 2. The summed E-state index contributed by atoms with van der Waals surface area (Å²) in [5.41, 5.74) is -1.21. The molecule has 2 aromatic carbocycles. The van der Waals surface area contributed by atoms with Gasteiger partial charge in [-0.2, -0.15) is 31.6 Å². The lowest BCUT2D eigenvalue weighted by molar-refractivity contribution is -0.156. The van der Waals surface area contributed by atoms with E-state index in [-0.39, 0.29) is 18.6 Å². The van der Waals surface area contributed by atoms with Crippen LogP contribution in [0.1, 0.15) is 29.0 Å². The van der Waals surface area contributed by atoms with Gasteiger partial charge >= 0.3 is 12.4 Å². The Balaban J connectivity index is 1.50. The van der Waals surface area contributed by atoms with Gasteiger partial charge in [-0.05, 0) is 48.4 Å². The lowest BCUT2D eigenvalue weighted by Gasteiger charge is -2.23. The molecule has 3 atom stereocenters. The van der Waals surface area contributed by atoms with Crippen molar-refractivity contribution in [2.75, 3.05) is 6.61 Å². The number of nitrogens with zero attached hydrogens (tertiary/aromatic N) is 2. The normalized spacial score (nSPS) is 20.8. The van der Waals surface area contributed by atoms with Gasteiger partial charge in [-0.15, -0.1) is 0 Å². The minimum atomic E-state index is -4.86. The Kier molecular flexibility index (Phi) is 6.27. The van der Waals surface area contributed by atoms with Crippen molar-refractivity contribution in [1.82, 2.24) is 15.3 Å². The van der Waals surface area contributed by atoms with Crippen LogP contribution in [0.2, 0.25) is 0 Å². The highest BCUT2D eigenvalue weighted by atomic mass is 19.4. The number of rotatable bonds is 5. The van der Waals surface area contributed by atoms with E-state index in [0.717, 1.165) is 17.7 Å². The summed E-state index contributed by atoms with van der Waals surface area (Å²) in [4.78, 5) is 7.08. The SMILES string of the molecule is N#Cc1ccc(C2CC(COc3ccc(-c4ncc[nH]4)cc3)NC2C(F)(F)F)cc1C(F)(F)F. The van der Waals surface area contributed by atoms with E-state index in [2.05, 4.69) is 15.3 Å². The molecule has 1 aromatic heterocycles. The highest BCUT2D eigenvalue weighted by molar-refractivity contribution is 5.55. The quantitative estimate of drug-likeness (QED) is 0.478. The highest BCUT2D eigenvalue weighted by Crippen LogP contribution is 2.42. The van der Waals surface area contributed by atoms with Gasteiger partial charge in [-0.25, -0.2) is 4.98 Å². The maximum Gasteiger partial charge on any atom is 0.417 e. The molecule has 1 fully saturated rings. The lowest BCUT2D eigenvalue weighted by Crippen LogP contribution is -2.44. The first-order valence-corrected chi connectivity index (χ1v) is 10.2. The van der Waals surface area contributed by atoms with E-state index >= 15 is 0 Å². The van der Waals surface area contributed by atoms with E-state index < -0.39 is 41.5 Å². The van der Waals surface area contributed by atoms with Crippen molar-refractivity contribution >= 4 is 0 Å². The second-order valence-corrected chi connectivity index (χ2v) is 7.91. The highest BCUT2D eigenvalue weighted by Gasteiger charge is 2.51. The third-order valence-corrected chi connectivity index (χ3v) is 5.68. The Morgan fingerprint density at radius 1 is 1.06 bits per heavy atom. The Bertz CT molecular complexity index is 1170. The molecule has 0 aliphatic carbocycles. The number of ether oxygens (including phenoxy) is 1. The second kappa shape index (κ2) is 9.02. The zero-order valence-electron chi connectivity index (χ0n) is 17.4. The number of nitrogens with one attached hydrogen (secondary N) is 2. The minimum absolute atomic E-state index is 0.0855. The van der Waals surface area contributed by atoms with Crippen LogP contribution in [0.5, 0.6) is 5.75 Å². The Labute approximate surface area is 190 Å². The summed E-state index contributed by atoms with van der Waals surface area (Å²) < 4.78 is 86.7. The number of benzene rings is 2. The molecule has 178 valence electrons.